The fraction of sp³-hybridized carbons (Fsp3) is 0.167. The molecule has 1 heteroatoms. The molecule has 0 aliphatic heterocycles. The zero-order chi connectivity index (χ0) is 9.78. The Morgan fingerprint density at radius 1 is 1.23 bits per heavy atom. The van der Waals surface area contributed by atoms with Gasteiger partial charge >= 0.3 is 0 Å². The van der Waals surface area contributed by atoms with Crippen LogP contribution in [-0.2, 0) is 0 Å². The van der Waals surface area contributed by atoms with Crippen LogP contribution in [0.3, 0.4) is 0 Å². The Kier molecular flexibility index (Phi) is 9.29. The van der Waals surface area contributed by atoms with E-state index >= 15 is 0 Å². The second kappa shape index (κ2) is 10.5. The zero-order valence-corrected chi connectivity index (χ0v) is 8.11. The molecule has 13 heavy (non-hydrogen) atoms. The number of aromatic nitrogens is 1. The highest BCUT2D eigenvalue weighted by molar-refractivity contribution is 5.02. The molecule has 0 radical (unpaired) electrons. The summed E-state index contributed by atoms with van der Waals surface area (Å²) in [5.41, 5.74) is 0. The van der Waals surface area contributed by atoms with E-state index in [4.69, 9.17) is 0 Å². The molecule has 0 aliphatic rings. The molecule has 1 N–H and O–H groups in total. The first-order valence-corrected chi connectivity index (χ1v) is 4.38. The number of hydrogen-bond donors (Lipinski definition) is 1. The molecule has 0 amide bonds. The van der Waals surface area contributed by atoms with Crippen molar-refractivity contribution in [2.45, 2.75) is 13.3 Å². The van der Waals surface area contributed by atoms with Gasteiger partial charge in [0.25, 0.3) is 0 Å². The maximum atomic E-state index is 3.58. The zero-order valence-electron chi connectivity index (χ0n) is 8.11. The number of aromatic amines is 1. The molecular weight excluding hydrogens is 158 g/mol. The number of allylic oxidation sites excluding steroid dienone is 5. The average molecular weight is 175 g/mol. The summed E-state index contributed by atoms with van der Waals surface area (Å²) in [4.78, 5) is 2.86. The van der Waals surface area contributed by atoms with E-state index < -0.39 is 0 Å². The van der Waals surface area contributed by atoms with Crippen LogP contribution in [0.5, 0.6) is 0 Å². The molecule has 1 nitrogen and oxygen atoms in total. The van der Waals surface area contributed by atoms with Crippen LogP contribution in [0, 0.1) is 0 Å². The van der Waals surface area contributed by atoms with E-state index in [-0.39, 0.29) is 0 Å². The van der Waals surface area contributed by atoms with Crippen LogP contribution in [0.4, 0.5) is 0 Å². The number of H-pyrrole nitrogens is 1. The molecule has 1 aromatic rings. The van der Waals surface area contributed by atoms with Gasteiger partial charge in [-0.05, 0) is 25.5 Å². The first-order valence-electron chi connectivity index (χ1n) is 4.38. The van der Waals surface area contributed by atoms with Crippen molar-refractivity contribution in [3.63, 3.8) is 0 Å². The van der Waals surface area contributed by atoms with E-state index in [1.807, 2.05) is 55.8 Å². The van der Waals surface area contributed by atoms with Gasteiger partial charge < -0.3 is 4.98 Å². The first-order chi connectivity index (χ1) is 6.41. The molecule has 0 atom stereocenters. The van der Waals surface area contributed by atoms with Crippen LogP contribution in [0.25, 0.3) is 0 Å². The molecule has 0 saturated heterocycles. The average Bonchev–Trinajstić information content (AvgIpc) is 2.70. The van der Waals surface area contributed by atoms with E-state index in [2.05, 4.69) is 17.6 Å². The number of nitrogens with one attached hydrogen (secondary N) is 1. The summed E-state index contributed by atoms with van der Waals surface area (Å²) >= 11 is 0. The minimum absolute atomic E-state index is 0.963. The Balaban J connectivity index is 0.000000243. The predicted octanol–water partition coefficient (Wildman–Crippen LogP) is 3.71. The largest absolute Gasteiger partial charge is 0.368 e. The molecule has 0 spiro atoms. The summed E-state index contributed by atoms with van der Waals surface area (Å²) in [6, 6.07) is 3.89. The summed E-state index contributed by atoms with van der Waals surface area (Å²) in [6.07, 6.45) is 14.7. The predicted molar refractivity (Wildman–Crippen MR) is 59.6 cm³/mol. The third-order valence-electron chi connectivity index (χ3n) is 1.24. The van der Waals surface area contributed by atoms with Crippen molar-refractivity contribution in [2.24, 2.45) is 0 Å². The molecular formula is C12H17N. The Morgan fingerprint density at radius 3 is 2.31 bits per heavy atom. The molecule has 0 unspecified atom stereocenters. The quantitative estimate of drug-likeness (QED) is 0.532. The van der Waals surface area contributed by atoms with Crippen LogP contribution >= 0.6 is 0 Å². The van der Waals surface area contributed by atoms with Gasteiger partial charge in [-0.1, -0.05) is 30.4 Å². The van der Waals surface area contributed by atoms with Crippen molar-refractivity contribution >= 4 is 0 Å². The lowest BCUT2D eigenvalue weighted by atomic mass is 10.3. The normalized spacial score (nSPS) is 9.92. The van der Waals surface area contributed by atoms with E-state index in [0.717, 1.165) is 6.42 Å². The highest BCUT2D eigenvalue weighted by Gasteiger charge is 1.61. The van der Waals surface area contributed by atoms with Crippen molar-refractivity contribution in [2.75, 3.05) is 0 Å². The third kappa shape index (κ3) is 10.5. The van der Waals surface area contributed by atoms with Gasteiger partial charge in [-0.15, -0.1) is 6.58 Å². The van der Waals surface area contributed by atoms with Crippen molar-refractivity contribution in [3.8, 4) is 0 Å². The molecule has 0 saturated carbocycles. The lowest BCUT2D eigenvalue weighted by Crippen LogP contribution is -1.51. The summed E-state index contributed by atoms with van der Waals surface area (Å²) in [6.45, 7) is 5.58. The monoisotopic (exact) mass is 175 g/mol. The van der Waals surface area contributed by atoms with Gasteiger partial charge in [0.05, 0.1) is 0 Å². The minimum atomic E-state index is 0.963. The molecule has 0 aromatic carbocycles. The smallest absolute Gasteiger partial charge is 0.000496 e. The van der Waals surface area contributed by atoms with E-state index in [0.29, 0.717) is 0 Å². The van der Waals surface area contributed by atoms with Crippen LogP contribution in [-0.4, -0.2) is 4.98 Å². The third-order valence-corrected chi connectivity index (χ3v) is 1.24. The fourth-order valence-corrected chi connectivity index (χ4v) is 0.642. The maximum Gasteiger partial charge on any atom is 0.000496 e. The molecule has 1 aromatic heterocycles. The van der Waals surface area contributed by atoms with E-state index in [9.17, 15) is 0 Å². The second-order valence-corrected chi connectivity index (χ2v) is 2.36. The lowest BCUT2D eigenvalue weighted by Gasteiger charge is -1.73. The van der Waals surface area contributed by atoms with Crippen molar-refractivity contribution in [3.05, 3.63) is 61.5 Å². The highest BCUT2D eigenvalue weighted by Crippen LogP contribution is 1.82. The topological polar surface area (TPSA) is 15.8 Å². The van der Waals surface area contributed by atoms with Gasteiger partial charge in [-0.3, -0.25) is 0 Å². The molecule has 1 heterocycles. The SMILES string of the molecule is C=CCC=CC=CC.c1cc[nH]c1. The van der Waals surface area contributed by atoms with Gasteiger partial charge in [-0.25, -0.2) is 0 Å². The summed E-state index contributed by atoms with van der Waals surface area (Å²) in [7, 11) is 0. The van der Waals surface area contributed by atoms with Gasteiger partial charge in [-0.2, -0.15) is 0 Å². The van der Waals surface area contributed by atoms with Gasteiger partial charge in [0.1, 0.15) is 0 Å². The molecule has 0 fully saturated rings. The molecule has 0 bridgehead atoms. The van der Waals surface area contributed by atoms with Crippen LogP contribution in [0.15, 0.2) is 61.5 Å². The number of rotatable bonds is 3. The van der Waals surface area contributed by atoms with Crippen LogP contribution in [0.1, 0.15) is 13.3 Å². The number of hydrogen-bond acceptors (Lipinski definition) is 0. The van der Waals surface area contributed by atoms with E-state index in [1.165, 1.54) is 0 Å². The van der Waals surface area contributed by atoms with Crippen molar-refractivity contribution in [1.82, 2.24) is 4.98 Å². The van der Waals surface area contributed by atoms with Crippen LogP contribution < -0.4 is 0 Å². The highest BCUT2D eigenvalue weighted by atomic mass is 14.6. The van der Waals surface area contributed by atoms with Crippen molar-refractivity contribution in [1.29, 1.82) is 0 Å². The van der Waals surface area contributed by atoms with Gasteiger partial charge in [0.15, 0.2) is 0 Å². The standard InChI is InChI=1S/C8H12.C4H5N/c1-3-5-7-8-6-4-2;1-2-4-5-3-1/h3-4,6-8H,1,5H2,2H3;1-5H. The Labute approximate surface area is 80.5 Å². The Hall–Kier alpha value is -1.50. The Morgan fingerprint density at radius 2 is 1.92 bits per heavy atom. The molecule has 1 rings (SSSR count). The first kappa shape index (κ1) is 11.5. The summed E-state index contributed by atoms with van der Waals surface area (Å²) in [5.74, 6) is 0. The van der Waals surface area contributed by atoms with Crippen LogP contribution in [0.2, 0.25) is 0 Å². The summed E-state index contributed by atoms with van der Waals surface area (Å²) in [5, 5.41) is 0. The maximum absolute atomic E-state index is 3.58. The second-order valence-electron chi connectivity index (χ2n) is 2.36. The van der Waals surface area contributed by atoms with E-state index in [1.54, 1.807) is 0 Å². The molecule has 0 aliphatic carbocycles. The van der Waals surface area contributed by atoms with Crippen molar-refractivity contribution < 1.29 is 0 Å². The molecule has 70 valence electrons. The minimum Gasteiger partial charge on any atom is -0.368 e. The summed E-state index contributed by atoms with van der Waals surface area (Å²) < 4.78 is 0. The van der Waals surface area contributed by atoms with Gasteiger partial charge in [0, 0.05) is 12.4 Å². The Bertz CT molecular complexity index is 212. The van der Waals surface area contributed by atoms with Gasteiger partial charge in [0.2, 0.25) is 0 Å². The lowest BCUT2D eigenvalue weighted by molar-refractivity contribution is 1.41. The fourth-order valence-electron chi connectivity index (χ4n) is 0.642.